The maximum Gasteiger partial charge on any atom is 0.459 e. The maximum atomic E-state index is 13.3. The molecule has 10 atom stereocenters. The van der Waals surface area contributed by atoms with E-state index < -0.39 is 116 Å². The number of aromatic hydroxyl groups is 1. The SMILES string of the molecule is C.C.C.C=C.CC.CC.CC.CC.CC.CCN(CC)CC.CCN(CC)CC.COC(=O)C(C)NP(=O)(Cl)Oc1ccccc1.COC(=O)C(C)NP(=O)(Cl)Oc1ccccc1.COC(=O)C(C)NP(=O)(OC[C@@H]1C=C[C@H](n2cc(C)c(=O)[nH]c2=O)O1)Oc1ccccc1.Cc1cn([C@H]2C=C[C@@H](CO)O2)c(=O)[nH]c1=O.ClCCl.ClCCl.O=P(Cl)(Cl)Cl.O=P(Cl)(Cl)Oc1ccccc1.Oc1ccccc1. The Labute approximate surface area is 884 Å². The largest absolute Gasteiger partial charge is 0.508 e. The number of carbonyl (C=O) groups is 3. The van der Waals surface area contributed by atoms with Gasteiger partial charge in [-0.15, -0.1) is 59.6 Å². The molecular formula is C91H153Cl11N9O24P5. The highest BCUT2D eigenvalue weighted by molar-refractivity contribution is 8.24. The van der Waals surface area contributed by atoms with Crippen molar-refractivity contribution in [2.24, 2.45) is 0 Å². The molecule has 0 aliphatic carbocycles. The number of halogens is 11. The van der Waals surface area contributed by atoms with E-state index in [-0.39, 0.29) is 51.9 Å². The van der Waals surface area contributed by atoms with Gasteiger partial charge in [-0.05, 0) is 180 Å². The first-order valence-electron chi connectivity index (χ1n) is 42.6. The van der Waals surface area contributed by atoms with Crippen LogP contribution in [0.4, 0.5) is 0 Å². The van der Waals surface area contributed by atoms with Crippen LogP contribution in [0, 0.1) is 13.8 Å². The third kappa shape index (κ3) is 83.3. The van der Waals surface area contributed by atoms with Crippen molar-refractivity contribution in [3.63, 3.8) is 0 Å². The van der Waals surface area contributed by atoms with Crippen molar-refractivity contribution >= 4 is 176 Å². The molecule has 0 saturated carbocycles. The summed E-state index contributed by atoms with van der Waals surface area (Å²) < 4.78 is 110. The molecule has 7 N–H and O–H groups in total. The quantitative estimate of drug-likeness (QED) is 0.00752. The summed E-state index contributed by atoms with van der Waals surface area (Å²) in [6.45, 7) is 46.3. The summed E-state index contributed by atoms with van der Waals surface area (Å²) in [6, 6.07) is 39.9. The molecule has 49 heteroatoms. The zero-order chi connectivity index (χ0) is 108. The Morgan fingerprint density at radius 1 is 0.436 bits per heavy atom. The Hall–Kier alpha value is -5.93. The molecule has 5 aromatic carbocycles. The minimum atomic E-state index is -4.01. The number of H-pyrrole nitrogens is 2. The second-order valence-electron chi connectivity index (χ2n) is 24.1. The summed E-state index contributed by atoms with van der Waals surface area (Å²) in [6.07, 6.45) is 3.57. The van der Waals surface area contributed by atoms with Crippen LogP contribution in [0.1, 0.15) is 177 Å². The van der Waals surface area contributed by atoms with Crippen LogP contribution in [-0.2, 0) is 65.4 Å². The highest BCUT2D eigenvalue weighted by Crippen LogP contribution is 2.61. The number of phenols is 1. The molecule has 7 aromatic rings. The molecule has 0 bridgehead atoms. The lowest BCUT2D eigenvalue weighted by Gasteiger charge is -2.24. The van der Waals surface area contributed by atoms with E-state index >= 15 is 0 Å². The molecule has 33 nitrogen and oxygen atoms in total. The average Bonchev–Trinajstić information content (AvgIpc) is 1.74. The number of aliphatic hydroxyl groups excluding tert-OH is 1. The van der Waals surface area contributed by atoms with Crippen molar-refractivity contribution < 1.29 is 93.7 Å². The Balaban J connectivity index is -0.000000152. The third-order valence-electron chi connectivity index (χ3n) is 15.0. The summed E-state index contributed by atoms with van der Waals surface area (Å²) in [5, 5.41) is 22.0. The zero-order valence-corrected chi connectivity index (χ0v) is 94.8. The highest BCUT2D eigenvalue weighted by Gasteiger charge is 2.35. The predicted molar refractivity (Wildman–Crippen MR) is 589 cm³/mol. The number of rotatable bonds is 29. The molecule has 2 aliphatic rings. The first-order chi connectivity index (χ1) is 64.7. The zero-order valence-electron chi connectivity index (χ0n) is 82.0. The van der Waals surface area contributed by atoms with Gasteiger partial charge in [0.05, 0.1) is 45.2 Å². The summed E-state index contributed by atoms with van der Waals surface area (Å²) in [5.74, 6) is -0.0639. The lowest BCUT2D eigenvalue weighted by Crippen LogP contribution is -2.35. The lowest BCUT2D eigenvalue weighted by molar-refractivity contribution is -0.143. The molecule has 9 rings (SSSR count). The highest BCUT2D eigenvalue weighted by atomic mass is 36.0. The smallest absolute Gasteiger partial charge is 0.459 e. The number of aromatic amines is 2. The first kappa shape index (κ1) is 157. The van der Waals surface area contributed by atoms with Crippen LogP contribution in [-0.4, -0.2) is 172 Å². The van der Waals surface area contributed by atoms with Gasteiger partial charge in [-0.1, -0.05) is 236 Å². The van der Waals surface area contributed by atoms with Crippen LogP contribution in [0.15, 0.2) is 221 Å². The van der Waals surface area contributed by atoms with Crippen LogP contribution < -0.4 is 55.9 Å². The van der Waals surface area contributed by atoms with Gasteiger partial charge in [-0.3, -0.25) is 52.2 Å². The number of para-hydroxylation sites is 5. The lowest BCUT2D eigenvalue weighted by atomic mass is 10.3. The third-order valence-corrected chi connectivity index (χ3v) is 20.8. The monoisotopic (exact) mass is 2300 g/mol. The van der Waals surface area contributed by atoms with Crippen LogP contribution in [0.5, 0.6) is 28.7 Å². The number of nitrogens with one attached hydrogen (secondary N) is 5. The second-order valence-corrected chi connectivity index (χ2v) is 43.7. The number of aliphatic hydroxyl groups is 1. The molecular weight excluding hydrogens is 2150 g/mol. The fraction of sp³-hybridized carbons (Fsp3) is 0.484. The van der Waals surface area contributed by atoms with Gasteiger partial charge in [0.25, 0.3) is 11.1 Å². The fourth-order valence-corrected chi connectivity index (χ4v) is 14.7. The van der Waals surface area contributed by atoms with Crippen LogP contribution >= 0.6 is 158 Å². The van der Waals surface area contributed by atoms with Crippen molar-refractivity contribution in [1.29, 1.82) is 0 Å². The average molecular weight is 2300 g/mol. The number of carbonyl (C=O) groups excluding carboxylic acids is 3. The number of hydrogen-bond donors (Lipinski definition) is 7. The molecule has 6 unspecified atom stereocenters. The van der Waals surface area contributed by atoms with E-state index in [1.165, 1.54) is 103 Å². The van der Waals surface area contributed by atoms with Gasteiger partial charge < -0.3 is 61.8 Å². The van der Waals surface area contributed by atoms with E-state index in [0.29, 0.717) is 34.1 Å². The number of alkyl halides is 4. The second kappa shape index (κ2) is 96.5. The maximum absolute atomic E-state index is 13.3. The number of aryl methyl sites for hydroxylation is 2. The van der Waals surface area contributed by atoms with Crippen molar-refractivity contribution in [1.82, 2.24) is 44.2 Å². The molecule has 0 fully saturated rings. The van der Waals surface area contributed by atoms with Gasteiger partial charge in [0.2, 0.25) is 0 Å². The Morgan fingerprint density at radius 2 is 0.679 bits per heavy atom. The van der Waals surface area contributed by atoms with E-state index in [0.717, 1.165) is 0 Å². The van der Waals surface area contributed by atoms with Gasteiger partial charge in [-0.25, -0.2) is 38.0 Å². The molecule has 4 heterocycles. The van der Waals surface area contributed by atoms with Crippen LogP contribution in [0.2, 0.25) is 0 Å². The Morgan fingerprint density at radius 3 is 0.907 bits per heavy atom. The van der Waals surface area contributed by atoms with E-state index in [2.05, 4.69) is 142 Å². The van der Waals surface area contributed by atoms with Crippen molar-refractivity contribution in [3.8, 4) is 28.7 Å². The number of phenolic OH excluding ortho intramolecular Hbond substituents is 1. The Bertz CT molecular complexity index is 4650. The molecule has 2 aliphatic heterocycles. The number of nitrogens with zero attached hydrogens (tertiary/aromatic N) is 4. The van der Waals surface area contributed by atoms with Crippen LogP contribution in [0.25, 0.3) is 0 Å². The fourth-order valence-electron chi connectivity index (χ4n) is 8.97. The molecule has 0 spiro atoms. The van der Waals surface area contributed by atoms with Crippen molar-refractivity contribution in [2.75, 3.05) is 84.5 Å². The number of benzene rings is 5. The first-order valence-corrected chi connectivity index (χ1v) is 59.2. The summed E-state index contributed by atoms with van der Waals surface area (Å²) in [7, 11) is -0.335. The van der Waals surface area contributed by atoms with Crippen molar-refractivity contribution in [3.05, 3.63) is 254 Å². The molecule has 0 saturated heterocycles. The number of hydrogen-bond acceptors (Lipinski definition) is 26. The van der Waals surface area contributed by atoms with Gasteiger partial charge in [0, 0.05) is 68.5 Å². The van der Waals surface area contributed by atoms with E-state index in [1.54, 1.807) is 184 Å². The number of methoxy groups -OCH3 is 3. The van der Waals surface area contributed by atoms with Gasteiger partial charge in [0.15, 0.2) is 12.5 Å². The summed E-state index contributed by atoms with van der Waals surface area (Å²) in [4.78, 5) is 89.5. The van der Waals surface area contributed by atoms with Crippen molar-refractivity contribution in [2.45, 2.75) is 210 Å². The number of ether oxygens (including phenoxy) is 5. The standard InChI is InChI=1S/C20H24N3O8P.2C10H13ClNO4P.C10H12N2O4.C6H5Cl2O2P.2C6H15N.C6H6O.5C2H6.C2H4.2CH2Cl2.3CH4.Cl3OP/c1-13-11-23(20(26)21-18(13)24)17-10-9-16(30-17)12-29-32(27,22-14(2)19(25)28-3)31-15-7-5-4-6-8-15;2*1-8(10(13)15-2)12-17(11,14)16-9-6-4-3-5-7-9;1-6-4-12(10(15)11-9(6)14)8-3-2-7(5-13)16-8;7-11(8,9)10-6-4-2-1-3-5-6;2*1-4-7(5-2)6-3;7-6-4-2-1-3-5-6;6*1-2;2*2-1-3;;;;1-5(2,3)4/h4-11,14,16-17H,12H2,1-3H3,(H,22,27)(H,21,24,26);2*3-8H,1-2H3,(H,12,14);2-4,7-8,13H,5H2,1H3,(H,11,14,15);1-5H;2*4-6H2,1-3H3;1-5,7H;5*1-2H3;1-2H2;2*1H2;3*1H4;/t14?,16-,17+,32?;;;7-,8+;;;;;;;;;;;;;;;;/m0..0................/s1. The molecule has 808 valence electrons. The molecule has 2 aromatic heterocycles. The number of aromatic nitrogens is 4. The van der Waals surface area contributed by atoms with Gasteiger partial charge in [-0.2, -0.15) is 5.09 Å². The molecule has 140 heavy (non-hydrogen) atoms. The van der Waals surface area contributed by atoms with Gasteiger partial charge in [0.1, 0.15) is 59.1 Å². The van der Waals surface area contributed by atoms with E-state index in [4.69, 9.17) is 129 Å². The predicted octanol–water partition coefficient (Wildman–Crippen LogP) is 27.3. The van der Waals surface area contributed by atoms with E-state index in [1.807, 2.05) is 75.3 Å². The minimum absolute atomic E-state index is 0. The topological polar surface area (TPSA) is 422 Å². The normalized spacial score (nSPS) is 14.5. The van der Waals surface area contributed by atoms with Crippen LogP contribution in [0.3, 0.4) is 0 Å². The van der Waals surface area contributed by atoms with Gasteiger partial charge >= 0.3 is 62.1 Å². The minimum Gasteiger partial charge on any atom is -0.508 e. The summed E-state index contributed by atoms with van der Waals surface area (Å²) in [5.41, 5.74) is -1.24. The summed E-state index contributed by atoms with van der Waals surface area (Å²) >= 11 is 54.6. The molecule has 0 radical (unpaired) electrons. The van der Waals surface area contributed by atoms with E-state index in [9.17, 15) is 56.4 Å². The Kier molecular flexibility index (Phi) is 108. The number of esters is 3. The molecule has 0 amide bonds.